The minimum atomic E-state index is -0.263. The first-order chi connectivity index (χ1) is 12.6. The molecule has 0 saturated carbocycles. The molecule has 0 spiro atoms. The fourth-order valence-electron chi connectivity index (χ4n) is 3.46. The maximum Gasteiger partial charge on any atom is 0.165 e. The third-order valence-corrected chi connectivity index (χ3v) is 4.86. The van der Waals surface area contributed by atoms with E-state index < -0.39 is 0 Å². The normalized spacial score (nSPS) is 18.1. The Morgan fingerprint density at radius 1 is 1.42 bits per heavy atom. The highest BCUT2D eigenvalue weighted by molar-refractivity contribution is 5.42. The number of pyridine rings is 1. The van der Waals surface area contributed by atoms with Gasteiger partial charge in [-0.05, 0) is 56.0 Å². The molecule has 5 nitrogen and oxygen atoms in total. The highest BCUT2D eigenvalue weighted by Crippen LogP contribution is 2.27. The van der Waals surface area contributed by atoms with Crippen molar-refractivity contribution in [3.63, 3.8) is 0 Å². The molecule has 1 aromatic heterocycles. The minimum Gasteiger partial charge on any atom is -0.504 e. The highest BCUT2D eigenvalue weighted by atomic mass is 19.1. The van der Waals surface area contributed by atoms with E-state index in [2.05, 4.69) is 17.2 Å². The second-order valence-electron chi connectivity index (χ2n) is 6.85. The summed E-state index contributed by atoms with van der Waals surface area (Å²) in [4.78, 5) is 6.16. The van der Waals surface area contributed by atoms with Crippen LogP contribution in [0, 0.1) is 5.82 Å². The summed E-state index contributed by atoms with van der Waals surface area (Å²) >= 11 is 0. The number of aromatic hydroxyl groups is 1. The molecule has 0 bridgehead atoms. The van der Waals surface area contributed by atoms with Crippen molar-refractivity contribution in [1.29, 1.82) is 0 Å². The van der Waals surface area contributed by atoms with Crippen LogP contribution in [0.1, 0.15) is 25.3 Å². The predicted octanol–water partition coefficient (Wildman–Crippen LogP) is 3.12. The van der Waals surface area contributed by atoms with Crippen molar-refractivity contribution >= 4 is 5.82 Å². The van der Waals surface area contributed by atoms with Crippen LogP contribution in [0.2, 0.25) is 0 Å². The molecule has 1 aliphatic rings. The Morgan fingerprint density at radius 2 is 2.27 bits per heavy atom. The summed E-state index contributed by atoms with van der Waals surface area (Å²) in [5.74, 6) is 0.848. The molecule has 1 aliphatic heterocycles. The maximum atomic E-state index is 13.9. The molecule has 0 unspecified atom stereocenters. The summed E-state index contributed by atoms with van der Waals surface area (Å²) in [6, 6.07) is 9.26. The molecule has 140 valence electrons. The molecule has 2 heterocycles. The molecule has 1 aromatic carbocycles. The number of halogens is 1. The van der Waals surface area contributed by atoms with E-state index in [0.29, 0.717) is 23.7 Å². The Balaban J connectivity index is 1.48. The molecule has 3 rings (SSSR count). The Labute approximate surface area is 153 Å². The van der Waals surface area contributed by atoms with Gasteiger partial charge in [0.15, 0.2) is 23.1 Å². The average molecular weight is 359 g/mol. The molecular formula is C20H26FN3O2. The Bertz CT molecular complexity index is 741. The van der Waals surface area contributed by atoms with Crippen LogP contribution >= 0.6 is 0 Å². The van der Waals surface area contributed by atoms with Gasteiger partial charge >= 0.3 is 0 Å². The van der Waals surface area contributed by atoms with E-state index >= 15 is 0 Å². The van der Waals surface area contributed by atoms with Crippen molar-refractivity contribution in [2.45, 2.75) is 38.3 Å². The van der Waals surface area contributed by atoms with E-state index in [1.54, 1.807) is 31.5 Å². The summed E-state index contributed by atoms with van der Waals surface area (Å²) in [6.45, 7) is 3.74. The van der Waals surface area contributed by atoms with Crippen LogP contribution in [0.25, 0.3) is 0 Å². The topological polar surface area (TPSA) is 57.6 Å². The third kappa shape index (κ3) is 4.43. The van der Waals surface area contributed by atoms with E-state index in [0.717, 1.165) is 37.9 Å². The monoisotopic (exact) mass is 359 g/mol. The predicted molar refractivity (Wildman–Crippen MR) is 100 cm³/mol. The van der Waals surface area contributed by atoms with Crippen LogP contribution in [-0.4, -0.2) is 42.4 Å². The van der Waals surface area contributed by atoms with Gasteiger partial charge in [-0.25, -0.2) is 9.37 Å². The number of nitrogens with zero attached hydrogens (tertiary/aromatic N) is 2. The number of phenols is 1. The number of ether oxygens (including phenoxy) is 1. The zero-order valence-electron chi connectivity index (χ0n) is 15.3. The Hall–Kier alpha value is -2.34. The number of aryl methyl sites for hydroxylation is 1. The molecule has 1 fully saturated rings. The molecule has 0 aliphatic carbocycles. The second kappa shape index (κ2) is 8.36. The van der Waals surface area contributed by atoms with Crippen LogP contribution < -0.4 is 15.0 Å². The third-order valence-electron chi connectivity index (χ3n) is 4.86. The zero-order chi connectivity index (χ0) is 18.5. The van der Waals surface area contributed by atoms with Crippen molar-refractivity contribution in [1.82, 2.24) is 10.3 Å². The van der Waals surface area contributed by atoms with Crippen LogP contribution in [0.3, 0.4) is 0 Å². The number of hydrogen-bond acceptors (Lipinski definition) is 5. The van der Waals surface area contributed by atoms with Gasteiger partial charge in [0, 0.05) is 31.4 Å². The van der Waals surface area contributed by atoms with Gasteiger partial charge in [0.25, 0.3) is 0 Å². The first kappa shape index (κ1) is 18.5. The van der Waals surface area contributed by atoms with Crippen molar-refractivity contribution in [3.05, 3.63) is 47.9 Å². The van der Waals surface area contributed by atoms with Gasteiger partial charge in [0.05, 0.1) is 7.11 Å². The lowest BCUT2D eigenvalue weighted by molar-refractivity contribution is 0.373. The number of rotatable bonds is 7. The Morgan fingerprint density at radius 3 is 3.00 bits per heavy atom. The standard InChI is InChI=1S/C20H26FN3O2/c1-14(5-6-15-7-8-19(26-2)18(25)12-15)23-16-9-11-24(13-16)20-17(21)4-3-10-22-20/h3-4,7-8,10,12,14,16,23,25H,5-6,9,11,13H2,1-2H3/t14-,16+/m0/s1. The van der Waals surface area contributed by atoms with Crippen LogP contribution in [0.4, 0.5) is 10.2 Å². The SMILES string of the molecule is COc1ccc(CC[C@H](C)N[C@@H]2CCN(c3ncccc3F)C2)cc1O. The van der Waals surface area contributed by atoms with Crippen molar-refractivity contribution in [2.75, 3.05) is 25.1 Å². The molecule has 0 radical (unpaired) electrons. The van der Waals surface area contributed by atoms with Gasteiger partial charge in [-0.3, -0.25) is 0 Å². The molecule has 1 saturated heterocycles. The van der Waals surface area contributed by atoms with Gasteiger partial charge in [-0.1, -0.05) is 6.07 Å². The number of benzene rings is 1. The van der Waals surface area contributed by atoms with E-state index in [-0.39, 0.29) is 11.6 Å². The molecular weight excluding hydrogens is 333 g/mol. The largest absolute Gasteiger partial charge is 0.504 e. The zero-order valence-corrected chi connectivity index (χ0v) is 15.3. The fourth-order valence-corrected chi connectivity index (χ4v) is 3.46. The molecule has 6 heteroatoms. The van der Waals surface area contributed by atoms with Crippen LogP contribution in [0.15, 0.2) is 36.5 Å². The summed E-state index contributed by atoms with van der Waals surface area (Å²) in [5, 5.41) is 13.5. The quantitative estimate of drug-likeness (QED) is 0.795. The van der Waals surface area contributed by atoms with Gasteiger partial charge in [-0.2, -0.15) is 0 Å². The minimum absolute atomic E-state index is 0.175. The van der Waals surface area contributed by atoms with Crippen molar-refractivity contribution < 1.29 is 14.2 Å². The van der Waals surface area contributed by atoms with E-state index in [1.807, 2.05) is 11.0 Å². The lowest BCUT2D eigenvalue weighted by Gasteiger charge is -2.21. The fraction of sp³-hybridized carbons (Fsp3) is 0.450. The molecule has 26 heavy (non-hydrogen) atoms. The number of hydrogen-bond donors (Lipinski definition) is 2. The smallest absolute Gasteiger partial charge is 0.165 e. The number of anilines is 1. The summed E-state index contributed by atoms with van der Waals surface area (Å²) < 4.78 is 18.9. The van der Waals surface area contributed by atoms with Gasteiger partial charge in [-0.15, -0.1) is 0 Å². The van der Waals surface area contributed by atoms with E-state index in [1.165, 1.54) is 6.07 Å². The van der Waals surface area contributed by atoms with Gasteiger partial charge < -0.3 is 20.1 Å². The van der Waals surface area contributed by atoms with Gasteiger partial charge in [0.2, 0.25) is 0 Å². The number of aromatic nitrogens is 1. The number of methoxy groups -OCH3 is 1. The first-order valence-corrected chi connectivity index (χ1v) is 9.04. The Kier molecular flexibility index (Phi) is 5.93. The lowest BCUT2D eigenvalue weighted by Crippen LogP contribution is -2.39. The lowest BCUT2D eigenvalue weighted by atomic mass is 10.0. The maximum absolute atomic E-state index is 13.9. The summed E-state index contributed by atoms with van der Waals surface area (Å²) in [5.41, 5.74) is 1.08. The van der Waals surface area contributed by atoms with Crippen molar-refractivity contribution in [2.24, 2.45) is 0 Å². The average Bonchev–Trinajstić information content (AvgIpc) is 3.08. The van der Waals surface area contributed by atoms with Crippen LogP contribution in [-0.2, 0) is 6.42 Å². The van der Waals surface area contributed by atoms with Crippen molar-refractivity contribution in [3.8, 4) is 11.5 Å². The second-order valence-corrected chi connectivity index (χ2v) is 6.85. The van der Waals surface area contributed by atoms with Crippen LogP contribution in [0.5, 0.6) is 11.5 Å². The molecule has 2 aromatic rings. The first-order valence-electron chi connectivity index (χ1n) is 9.04. The molecule has 2 atom stereocenters. The summed E-state index contributed by atoms with van der Waals surface area (Å²) in [7, 11) is 1.54. The highest BCUT2D eigenvalue weighted by Gasteiger charge is 2.26. The number of phenolic OH excluding ortho intramolecular Hbond substituents is 1. The van der Waals surface area contributed by atoms with Gasteiger partial charge in [0.1, 0.15) is 0 Å². The van der Waals surface area contributed by atoms with E-state index in [4.69, 9.17) is 4.74 Å². The molecule has 0 amide bonds. The summed E-state index contributed by atoms with van der Waals surface area (Å²) in [6.07, 6.45) is 4.44. The van der Waals surface area contributed by atoms with E-state index in [9.17, 15) is 9.50 Å². The number of nitrogens with one attached hydrogen (secondary N) is 1. The molecule has 2 N–H and O–H groups in total.